The number of rotatable bonds is 0. The number of nitrogens with two attached hydrogens (primary N) is 1. The first-order valence-electron chi connectivity index (χ1n) is 4.92. The number of fused-ring (bicyclic) bond motifs is 2. The number of benzene rings is 1. The Morgan fingerprint density at radius 3 is 2.87 bits per heavy atom. The molecule has 15 heavy (non-hydrogen) atoms. The second-order valence-electron chi connectivity index (χ2n) is 4.28. The number of halogens is 1. The van der Waals surface area contributed by atoms with Crippen LogP contribution in [0.5, 0.6) is 0 Å². The number of nitrogens with zero attached hydrogens (tertiary/aromatic N) is 1. The number of carbonyl (C=O) groups is 1. The second-order valence-corrected chi connectivity index (χ2v) is 4.69. The molecule has 1 amide bonds. The maximum atomic E-state index is 12.1. The molecule has 0 saturated heterocycles. The van der Waals surface area contributed by atoms with Gasteiger partial charge in [0.15, 0.2) is 0 Å². The largest absolute Gasteiger partial charge is 0.326 e. The van der Waals surface area contributed by atoms with Crippen molar-refractivity contribution in [1.29, 1.82) is 0 Å². The molecule has 2 atom stereocenters. The van der Waals surface area contributed by atoms with Crippen molar-refractivity contribution in [3.63, 3.8) is 0 Å². The highest BCUT2D eigenvalue weighted by molar-refractivity contribution is 6.35. The highest BCUT2D eigenvalue weighted by Crippen LogP contribution is 2.57. The molecule has 2 aliphatic rings. The van der Waals surface area contributed by atoms with Crippen molar-refractivity contribution in [3.8, 4) is 0 Å². The van der Waals surface area contributed by atoms with Crippen LogP contribution in [0.1, 0.15) is 12.0 Å². The molecule has 2 N–H and O–H groups in total. The molecule has 1 aromatic rings. The van der Waals surface area contributed by atoms with E-state index in [2.05, 4.69) is 0 Å². The van der Waals surface area contributed by atoms with E-state index < -0.39 is 5.41 Å². The quantitative estimate of drug-likeness (QED) is 0.719. The van der Waals surface area contributed by atoms with Crippen molar-refractivity contribution in [2.45, 2.75) is 17.9 Å². The van der Waals surface area contributed by atoms with Gasteiger partial charge in [-0.15, -0.1) is 0 Å². The third-order valence-electron chi connectivity index (χ3n) is 3.50. The fourth-order valence-electron chi connectivity index (χ4n) is 2.58. The number of carbonyl (C=O) groups excluding carboxylic acids is 1. The van der Waals surface area contributed by atoms with E-state index in [1.54, 1.807) is 18.0 Å². The van der Waals surface area contributed by atoms with Crippen molar-refractivity contribution in [2.24, 2.45) is 5.73 Å². The summed E-state index contributed by atoms with van der Waals surface area (Å²) in [6.45, 7) is 0. The van der Waals surface area contributed by atoms with Gasteiger partial charge < -0.3 is 10.6 Å². The zero-order valence-electron chi connectivity index (χ0n) is 8.33. The summed E-state index contributed by atoms with van der Waals surface area (Å²) in [5, 5.41) is 0.624. The van der Waals surface area contributed by atoms with Gasteiger partial charge in [-0.05, 0) is 18.1 Å². The fraction of sp³-hybridized carbons (Fsp3) is 0.364. The first-order chi connectivity index (χ1) is 7.09. The Morgan fingerprint density at radius 1 is 1.60 bits per heavy atom. The first kappa shape index (κ1) is 9.19. The van der Waals surface area contributed by atoms with Gasteiger partial charge in [0.25, 0.3) is 0 Å². The Bertz CT molecular complexity index is 474. The molecule has 1 heterocycles. The van der Waals surface area contributed by atoms with E-state index in [4.69, 9.17) is 17.3 Å². The van der Waals surface area contributed by atoms with Gasteiger partial charge in [-0.1, -0.05) is 23.7 Å². The molecule has 0 aromatic heterocycles. The molecule has 78 valence electrons. The van der Waals surface area contributed by atoms with E-state index in [-0.39, 0.29) is 11.9 Å². The van der Waals surface area contributed by atoms with Crippen LogP contribution in [0, 0.1) is 0 Å². The van der Waals surface area contributed by atoms with Crippen molar-refractivity contribution in [1.82, 2.24) is 0 Å². The number of anilines is 1. The highest BCUT2D eigenvalue weighted by Gasteiger charge is 2.65. The summed E-state index contributed by atoms with van der Waals surface area (Å²) in [6.07, 6.45) is 0.740. The Balaban J connectivity index is 2.28. The maximum absolute atomic E-state index is 12.1. The Morgan fingerprint density at radius 2 is 2.27 bits per heavy atom. The lowest BCUT2D eigenvalue weighted by Gasteiger charge is -2.11. The Kier molecular flexibility index (Phi) is 1.56. The number of hydrogen-bond acceptors (Lipinski definition) is 2. The minimum Gasteiger partial charge on any atom is -0.326 e. The summed E-state index contributed by atoms with van der Waals surface area (Å²) in [4.78, 5) is 13.7. The smallest absolute Gasteiger partial charge is 0.239 e. The topological polar surface area (TPSA) is 46.3 Å². The van der Waals surface area contributed by atoms with Gasteiger partial charge in [-0.2, -0.15) is 0 Å². The molecule has 1 saturated carbocycles. The second kappa shape index (κ2) is 2.54. The normalized spacial score (nSPS) is 32.3. The molecule has 1 aliphatic carbocycles. The molecular formula is C11H11ClN2O. The molecule has 1 aromatic carbocycles. The van der Waals surface area contributed by atoms with Crippen LogP contribution < -0.4 is 10.6 Å². The summed E-state index contributed by atoms with van der Waals surface area (Å²) in [7, 11) is 1.76. The molecule has 0 radical (unpaired) electrons. The fourth-order valence-corrected chi connectivity index (χ4v) is 2.88. The zero-order valence-corrected chi connectivity index (χ0v) is 9.08. The van der Waals surface area contributed by atoms with Crippen LogP contribution in [-0.4, -0.2) is 19.0 Å². The van der Waals surface area contributed by atoms with Gasteiger partial charge in [-0.3, -0.25) is 4.79 Å². The van der Waals surface area contributed by atoms with E-state index in [0.717, 1.165) is 17.7 Å². The van der Waals surface area contributed by atoms with Gasteiger partial charge in [-0.25, -0.2) is 0 Å². The van der Waals surface area contributed by atoms with Gasteiger partial charge in [0.2, 0.25) is 5.91 Å². The highest BCUT2D eigenvalue weighted by atomic mass is 35.5. The van der Waals surface area contributed by atoms with E-state index in [0.29, 0.717) is 5.02 Å². The minimum atomic E-state index is -0.463. The van der Waals surface area contributed by atoms with Gasteiger partial charge in [0, 0.05) is 13.1 Å². The van der Waals surface area contributed by atoms with Crippen LogP contribution in [0.4, 0.5) is 5.69 Å². The monoisotopic (exact) mass is 222 g/mol. The van der Waals surface area contributed by atoms with Crippen LogP contribution in [0.25, 0.3) is 0 Å². The number of likely N-dealkylation sites (N-methyl/N-ethyl adjacent to an activating group) is 1. The molecule has 1 fully saturated rings. The van der Waals surface area contributed by atoms with Crippen molar-refractivity contribution >= 4 is 23.2 Å². The summed E-state index contributed by atoms with van der Waals surface area (Å²) in [5.41, 5.74) is 7.25. The van der Waals surface area contributed by atoms with Crippen LogP contribution in [0.2, 0.25) is 5.02 Å². The summed E-state index contributed by atoms with van der Waals surface area (Å²) in [5.74, 6) is 0.0816. The number of para-hydroxylation sites is 1. The van der Waals surface area contributed by atoms with Crippen molar-refractivity contribution in [3.05, 3.63) is 28.8 Å². The summed E-state index contributed by atoms with van der Waals surface area (Å²) >= 11 is 6.10. The molecule has 0 bridgehead atoms. The molecule has 1 spiro atoms. The predicted molar refractivity (Wildman–Crippen MR) is 59.1 cm³/mol. The van der Waals surface area contributed by atoms with Gasteiger partial charge in [0.1, 0.15) is 0 Å². The van der Waals surface area contributed by atoms with E-state index in [1.807, 2.05) is 12.1 Å². The third kappa shape index (κ3) is 0.880. The molecular weight excluding hydrogens is 212 g/mol. The number of hydrogen-bond donors (Lipinski definition) is 1. The van der Waals surface area contributed by atoms with Crippen LogP contribution in [0.15, 0.2) is 18.2 Å². The first-order valence-corrected chi connectivity index (χ1v) is 5.29. The molecule has 1 aliphatic heterocycles. The van der Waals surface area contributed by atoms with E-state index in [1.165, 1.54) is 0 Å². The summed E-state index contributed by atoms with van der Waals surface area (Å²) in [6, 6.07) is 5.58. The van der Waals surface area contributed by atoms with Crippen LogP contribution >= 0.6 is 11.6 Å². The summed E-state index contributed by atoms with van der Waals surface area (Å²) < 4.78 is 0. The predicted octanol–water partition coefficient (Wildman–Crippen LogP) is 1.29. The Hall–Kier alpha value is -1.06. The maximum Gasteiger partial charge on any atom is 0.239 e. The average Bonchev–Trinajstić information content (AvgIpc) is 2.83. The average molecular weight is 223 g/mol. The number of amides is 1. The lowest BCUT2D eigenvalue weighted by Crippen LogP contribution is -2.32. The van der Waals surface area contributed by atoms with E-state index in [9.17, 15) is 4.79 Å². The third-order valence-corrected chi connectivity index (χ3v) is 3.81. The van der Waals surface area contributed by atoms with Crippen molar-refractivity contribution < 1.29 is 4.79 Å². The zero-order chi connectivity index (χ0) is 10.8. The lowest BCUT2D eigenvalue weighted by molar-refractivity contribution is -0.120. The SMILES string of the molecule is CN1C(=O)C2(CC2N)c2cccc(Cl)c21. The van der Waals surface area contributed by atoms with Crippen LogP contribution in [-0.2, 0) is 10.2 Å². The molecule has 3 nitrogen and oxygen atoms in total. The van der Waals surface area contributed by atoms with E-state index >= 15 is 0 Å². The Labute approximate surface area is 92.8 Å². The standard InChI is InChI=1S/C11H11ClN2O/c1-14-9-6(3-2-4-7(9)12)11(10(14)15)5-8(11)13/h2-4,8H,5,13H2,1H3. The minimum absolute atomic E-state index is 0.0489. The van der Waals surface area contributed by atoms with Gasteiger partial charge >= 0.3 is 0 Å². The van der Waals surface area contributed by atoms with Crippen molar-refractivity contribution in [2.75, 3.05) is 11.9 Å². The molecule has 3 rings (SSSR count). The van der Waals surface area contributed by atoms with Crippen LogP contribution in [0.3, 0.4) is 0 Å². The molecule has 2 unspecified atom stereocenters. The lowest BCUT2D eigenvalue weighted by atomic mass is 9.97. The molecule has 4 heteroatoms. The van der Waals surface area contributed by atoms with Gasteiger partial charge in [0.05, 0.1) is 16.1 Å².